The summed E-state index contributed by atoms with van der Waals surface area (Å²) in [5.74, 6) is 0.0670. The van der Waals surface area contributed by atoms with Crippen molar-refractivity contribution in [2.45, 2.75) is 44.2 Å². The van der Waals surface area contributed by atoms with Crippen LogP contribution in [-0.2, 0) is 11.2 Å². The Labute approximate surface area is 137 Å². The van der Waals surface area contributed by atoms with Crippen LogP contribution in [-0.4, -0.2) is 11.9 Å². The Morgan fingerprint density at radius 2 is 1.87 bits per heavy atom. The van der Waals surface area contributed by atoms with Gasteiger partial charge in [-0.15, -0.1) is 0 Å². The van der Waals surface area contributed by atoms with Crippen molar-refractivity contribution in [2.75, 3.05) is 0 Å². The lowest BCUT2D eigenvalue weighted by atomic mass is 9.78. The Morgan fingerprint density at radius 3 is 2.57 bits per heavy atom. The number of carbonyl (C=O) groups is 1. The molecule has 1 amide bonds. The molecule has 2 aromatic rings. The Hall–Kier alpha value is -2.13. The van der Waals surface area contributed by atoms with Gasteiger partial charge in [-0.25, -0.2) is 0 Å². The van der Waals surface area contributed by atoms with Crippen LogP contribution in [0.3, 0.4) is 0 Å². The Kier molecular flexibility index (Phi) is 4.77. The van der Waals surface area contributed by atoms with Crippen molar-refractivity contribution in [3.63, 3.8) is 0 Å². The number of rotatable bonds is 5. The summed E-state index contributed by atoms with van der Waals surface area (Å²) in [6.07, 6.45) is 2.85. The van der Waals surface area contributed by atoms with Crippen molar-refractivity contribution in [1.29, 1.82) is 0 Å². The van der Waals surface area contributed by atoms with Crippen LogP contribution in [0.1, 0.15) is 48.4 Å². The summed E-state index contributed by atoms with van der Waals surface area (Å²) in [4.78, 5) is 11.8. The minimum absolute atomic E-state index is 0.125. The Morgan fingerprint density at radius 1 is 1.17 bits per heavy atom. The van der Waals surface area contributed by atoms with E-state index < -0.39 is 0 Å². The molecule has 3 rings (SSSR count). The fourth-order valence-corrected chi connectivity index (χ4v) is 3.66. The Bertz CT molecular complexity index is 668. The van der Waals surface area contributed by atoms with Crippen LogP contribution >= 0.6 is 0 Å². The third-order valence-corrected chi connectivity index (χ3v) is 4.77. The number of primary amides is 1. The molecule has 3 N–H and O–H groups in total. The van der Waals surface area contributed by atoms with E-state index in [0.29, 0.717) is 12.3 Å². The number of nitrogens with two attached hydrogens (primary N) is 1. The van der Waals surface area contributed by atoms with E-state index in [1.165, 1.54) is 16.7 Å². The lowest BCUT2D eigenvalue weighted by molar-refractivity contribution is -0.120. The average Bonchev–Trinajstić information content (AvgIpc) is 2.59. The molecular weight excluding hydrogens is 284 g/mol. The molecule has 2 unspecified atom stereocenters. The van der Waals surface area contributed by atoms with Crippen molar-refractivity contribution in [2.24, 2.45) is 5.73 Å². The van der Waals surface area contributed by atoms with E-state index in [0.717, 1.165) is 12.8 Å². The van der Waals surface area contributed by atoms with Crippen LogP contribution in [0.5, 0.6) is 0 Å². The first kappa shape index (κ1) is 15.8. The molecule has 1 aliphatic rings. The third kappa shape index (κ3) is 3.30. The number of hydrogen-bond acceptors (Lipinski definition) is 2. The second-order valence-electron chi connectivity index (χ2n) is 6.31. The van der Waals surface area contributed by atoms with Crippen molar-refractivity contribution in [1.82, 2.24) is 5.32 Å². The third-order valence-electron chi connectivity index (χ3n) is 4.77. The van der Waals surface area contributed by atoms with Gasteiger partial charge in [0.2, 0.25) is 5.91 Å². The first-order valence-electron chi connectivity index (χ1n) is 8.38. The van der Waals surface area contributed by atoms with Gasteiger partial charge in [0, 0.05) is 12.0 Å². The summed E-state index contributed by atoms with van der Waals surface area (Å²) in [6.45, 7) is 2.20. The zero-order chi connectivity index (χ0) is 16.2. The highest BCUT2D eigenvalue weighted by molar-refractivity contribution is 5.80. The summed E-state index contributed by atoms with van der Waals surface area (Å²) in [6, 6.07) is 18.8. The zero-order valence-electron chi connectivity index (χ0n) is 13.5. The average molecular weight is 308 g/mol. The molecule has 0 saturated carbocycles. The topological polar surface area (TPSA) is 55.1 Å². The molecule has 0 bridgehead atoms. The van der Waals surface area contributed by atoms with Crippen LogP contribution in [0, 0.1) is 0 Å². The summed E-state index contributed by atoms with van der Waals surface area (Å²) < 4.78 is 0. The van der Waals surface area contributed by atoms with Crippen molar-refractivity contribution >= 4 is 5.91 Å². The quantitative estimate of drug-likeness (QED) is 0.890. The highest BCUT2D eigenvalue weighted by Crippen LogP contribution is 2.39. The van der Waals surface area contributed by atoms with E-state index >= 15 is 0 Å². The molecular formula is C20H24N2O. The first-order valence-corrected chi connectivity index (χ1v) is 8.38. The minimum atomic E-state index is -0.294. The van der Waals surface area contributed by atoms with Gasteiger partial charge >= 0.3 is 0 Å². The molecule has 0 fully saturated rings. The first-order chi connectivity index (χ1) is 11.2. The van der Waals surface area contributed by atoms with Crippen LogP contribution in [0.4, 0.5) is 0 Å². The molecule has 3 atom stereocenters. The fourth-order valence-electron chi connectivity index (χ4n) is 3.66. The van der Waals surface area contributed by atoms with Crippen LogP contribution < -0.4 is 11.1 Å². The number of carbonyl (C=O) groups excluding carboxylic acids is 1. The molecule has 0 saturated heterocycles. The van der Waals surface area contributed by atoms with Crippen LogP contribution in [0.25, 0.3) is 0 Å². The van der Waals surface area contributed by atoms with Crippen molar-refractivity contribution in [3.8, 4) is 0 Å². The smallest absolute Gasteiger partial charge is 0.234 e. The van der Waals surface area contributed by atoms with E-state index in [4.69, 9.17) is 5.73 Å². The SMILES string of the molecule is CCC[C@H](c1ccccc1)C1NC(C(N)=O)Cc2ccccc21. The molecule has 0 aromatic heterocycles. The van der Waals surface area contributed by atoms with E-state index in [-0.39, 0.29) is 18.0 Å². The molecule has 0 spiro atoms. The Balaban J connectivity index is 2.02. The van der Waals surface area contributed by atoms with Crippen molar-refractivity contribution < 1.29 is 4.79 Å². The van der Waals surface area contributed by atoms with Crippen LogP contribution in [0.2, 0.25) is 0 Å². The maximum atomic E-state index is 11.8. The fraction of sp³-hybridized carbons (Fsp3) is 0.350. The normalized spacial score (nSPS) is 21.4. The standard InChI is InChI=1S/C20H24N2O/c1-2-8-16(14-9-4-3-5-10-14)19-17-12-7-6-11-15(17)13-18(22-19)20(21)23/h3-7,9-12,16,18-19,22H,2,8,13H2,1H3,(H2,21,23)/t16-,18?,19?/m1/s1. The molecule has 3 heteroatoms. The second-order valence-corrected chi connectivity index (χ2v) is 6.31. The summed E-state index contributed by atoms with van der Waals surface area (Å²) in [5.41, 5.74) is 9.44. The monoisotopic (exact) mass is 308 g/mol. The van der Waals surface area contributed by atoms with Crippen molar-refractivity contribution in [3.05, 3.63) is 71.3 Å². The van der Waals surface area contributed by atoms with Crippen LogP contribution in [0.15, 0.2) is 54.6 Å². The number of nitrogens with one attached hydrogen (secondary N) is 1. The molecule has 1 heterocycles. The molecule has 3 nitrogen and oxygen atoms in total. The molecule has 2 aromatic carbocycles. The predicted molar refractivity (Wildman–Crippen MR) is 93.1 cm³/mol. The molecule has 120 valence electrons. The van der Waals surface area contributed by atoms with E-state index in [1.54, 1.807) is 0 Å². The molecule has 23 heavy (non-hydrogen) atoms. The zero-order valence-corrected chi connectivity index (χ0v) is 13.5. The minimum Gasteiger partial charge on any atom is -0.368 e. The van der Waals surface area contributed by atoms with E-state index in [2.05, 4.69) is 54.7 Å². The predicted octanol–water partition coefficient (Wildman–Crippen LogP) is 3.31. The largest absolute Gasteiger partial charge is 0.368 e. The highest BCUT2D eigenvalue weighted by Gasteiger charge is 2.34. The number of fused-ring (bicyclic) bond motifs is 1. The van der Waals surface area contributed by atoms with Gasteiger partial charge in [-0.2, -0.15) is 0 Å². The van der Waals surface area contributed by atoms with E-state index in [1.807, 2.05) is 12.1 Å². The summed E-state index contributed by atoms with van der Waals surface area (Å²) >= 11 is 0. The molecule has 1 aliphatic heterocycles. The number of benzene rings is 2. The van der Waals surface area contributed by atoms with Gasteiger partial charge in [0.05, 0.1) is 6.04 Å². The van der Waals surface area contributed by atoms with Gasteiger partial charge in [0.1, 0.15) is 0 Å². The summed E-state index contributed by atoms with van der Waals surface area (Å²) in [7, 11) is 0. The van der Waals surface area contributed by atoms with Gasteiger partial charge in [-0.3, -0.25) is 10.1 Å². The maximum Gasteiger partial charge on any atom is 0.234 e. The highest BCUT2D eigenvalue weighted by atomic mass is 16.1. The number of amides is 1. The number of hydrogen-bond donors (Lipinski definition) is 2. The van der Waals surface area contributed by atoms with E-state index in [9.17, 15) is 4.79 Å². The maximum absolute atomic E-state index is 11.8. The lowest BCUT2D eigenvalue weighted by Gasteiger charge is -2.37. The summed E-state index contributed by atoms with van der Waals surface area (Å²) in [5, 5.41) is 3.52. The van der Waals surface area contributed by atoms with Gasteiger partial charge in [0.15, 0.2) is 0 Å². The van der Waals surface area contributed by atoms with Gasteiger partial charge in [0.25, 0.3) is 0 Å². The van der Waals surface area contributed by atoms with Gasteiger partial charge in [-0.05, 0) is 29.5 Å². The van der Waals surface area contributed by atoms with Gasteiger partial charge in [-0.1, -0.05) is 67.9 Å². The molecule has 0 radical (unpaired) electrons. The molecule has 0 aliphatic carbocycles. The van der Waals surface area contributed by atoms with Gasteiger partial charge < -0.3 is 5.73 Å². The second kappa shape index (κ2) is 6.97. The lowest BCUT2D eigenvalue weighted by Crippen LogP contribution is -2.49.